The van der Waals surface area contributed by atoms with E-state index >= 15 is 0 Å². The van der Waals surface area contributed by atoms with Crippen LogP contribution in [0, 0.1) is 11.8 Å². The highest BCUT2D eigenvalue weighted by Crippen LogP contribution is 2.06. The zero-order valence-corrected chi connectivity index (χ0v) is 12.2. The van der Waals surface area contributed by atoms with Crippen LogP contribution in [-0.4, -0.2) is 8.07 Å². The minimum atomic E-state index is -1.32. The summed E-state index contributed by atoms with van der Waals surface area (Å²) in [5.41, 5.74) is 2.25. The molecule has 0 bridgehead atoms. The van der Waals surface area contributed by atoms with Crippen LogP contribution >= 0.6 is 0 Å². The zero-order chi connectivity index (χ0) is 13.0. The van der Waals surface area contributed by atoms with Crippen LogP contribution in [0.5, 0.6) is 0 Å². The first-order valence-corrected chi connectivity index (χ1v) is 9.74. The maximum atomic E-state index is 3.32. The third-order valence-corrected chi connectivity index (χ3v) is 4.90. The van der Waals surface area contributed by atoms with E-state index in [1.165, 1.54) is 10.8 Å². The summed E-state index contributed by atoms with van der Waals surface area (Å²) in [4.78, 5) is 0. The third kappa shape index (κ3) is 3.12. The Morgan fingerprint density at radius 2 is 1.33 bits per heavy atom. The molecule has 0 nitrogen and oxygen atoms in total. The highest BCUT2D eigenvalue weighted by molar-refractivity contribution is 6.89. The summed E-state index contributed by atoms with van der Waals surface area (Å²) in [6.45, 7) is 7.07. The molecule has 18 heavy (non-hydrogen) atoms. The van der Waals surface area contributed by atoms with E-state index in [-0.39, 0.29) is 0 Å². The average molecular weight is 250 g/mol. The molecule has 0 aliphatic heterocycles. The molecule has 90 valence electrons. The Morgan fingerprint density at radius 3 is 2.00 bits per heavy atom. The lowest BCUT2D eigenvalue weighted by molar-refractivity contribution is 1.62. The van der Waals surface area contributed by atoms with Crippen LogP contribution in [0.15, 0.2) is 54.6 Å². The first kappa shape index (κ1) is 12.7. The van der Waals surface area contributed by atoms with Crippen molar-refractivity contribution in [1.29, 1.82) is 0 Å². The van der Waals surface area contributed by atoms with E-state index in [1.807, 2.05) is 30.3 Å². The monoisotopic (exact) mass is 250 g/mol. The van der Waals surface area contributed by atoms with Crippen molar-refractivity contribution in [2.75, 3.05) is 0 Å². The fourth-order valence-corrected chi connectivity index (χ4v) is 3.46. The maximum absolute atomic E-state index is 3.32. The molecule has 0 saturated carbocycles. The van der Waals surface area contributed by atoms with Gasteiger partial charge in [-0.1, -0.05) is 67.9 Å². The van der Waals surface area contributed by atoms with Crippen LogP contribution in [0.4, 0.5) is 0 Å². The molecule has 0 atom stereocenters. The van der Waals surface area contributed by atoms with Gasteiger partial charge in [0.25, 0.3) is 0 Å². The van der Waals surface area contributed by atoms with Crippen LogP contribution < -0.4 is 5.19 Å². The molecular weight excluding hydrogens is 232 g/mol. The topological polar surface area (TPSA) is 0 Å². The van der Waals surface area contributed by atoms with Crippen molar-refractivity contribution in [2.24, 2.45) is 0 Å². The molecule has 0 aliphatic carbocycles. The average Bonchev–Trinajstić information content (AvgIpc) is 2.37. The Hall–Kier alpha value is -1.78. The second-order valence-electron chi connectivity index (χ2n) is 5.41. The highest BCUT2D eigenvalue weighted by Gasteiger charge is 2.18. The van der Waals surface area contributed by atoms with E-state index in [0.29, 0.717) is 0 Å². The number of hydrogen-bond donors (Lipinski definition) is 0. The van der Waals surface area contributed by atoms with Gasteiger partial charge in [-0.25, -0.2) is 0 Å². The van der Waals surface area contributed by atoms with Gasteiger partial charge in [0.15, 0.2) is 0 Å². The normalized spacial score (nSPS) is 10.6. The lowest BCUT2D eigenvalue weighted by atomic mass is 10.2. The summed E-state index contributed by atoms with van der Waals surface area (Å²) in [7, 11) is -1.32. The number of benzene rings is 2. The molecule has 0 heterocycles. The van der Waals surface area contributed by atoms with Crippen molar-refractivity contribution >= 4 is 13.3 Å². The van der Waals surface area contributed by atoms with E-state index in [4.69, 9.17) is 0 Å². The van der Waals surface area contributed by atoms with Gasteiger partial charge in [-0.05, 0) is 23.4 Å². The quantitative estimate of drug-likeness (QED) is 0.535. The van der Waals surface area contributed by atoms with E-state index in [1.54, 1.807) is 0 Å². The second-order valence-corrected chi connectivity index (χ2v) is 10.5. The van der Waals surface area contributed by atoms with E-state index < -0.39 is 8.07 Å². The first-order valence-electron chi connectivity index (χ1n) is 6.24. The number of rotatable bonds is 1. The van der Waals surface area contributed by atoms with Crippen molar-refractivity contribution in [1.82, 2.24) is 0 Å². The highest BCUT2D eigenvalue weighted by atomic mass is 28.3. The Balaban J connectivity index is 2.39. The standard InChI is InChI=1S/C17H18Si/c1-18(2,3)17-12-8-7-11-16(17)14-13-15-9-5-4-6-10-15/h4-12H,1-3H3. The summed E-state index contributed by atoms with van der Waals surface area (Å²) >= 11 is 0. The predicted molar refractivity (Wildman–Crippen MR) is 81.8 cm³/mol. The van der Waals surface area contributed by atoms with Gasteiger partial charge in [0.2, 0.25) is 0 Å². The maximum Gasteiger partial charge on any atom is 0.0792 e. The molecule has 0 saturated heterocycles. The molecule has 0 amide bonds. The molecule has 0 unspecified atom stereocenters. The van der Waals surface area contributed by atoms with Gasteiger partial charge in [-0.2, -0.15) is 0 Å². The van der Waals surface area contributed by atoms with Gasteiger partial charge >= 0.3 is 0 Å². The summed E-state index contributed by atoms with van der Waals surface area (Å²) in [6.07, 6.45) is 0. The van der Waals surface area contributed by atoms with Gasteiger partial charge in [-0.15, -0.1) is 0 Å². The fourth-order valence-electron chi connectivity index (χ4n) is 1.91. The molecule has 1 heteroatoms. The first-order chi connectivity index (χ1) is 8.57. The van der Waals surface area contributed by atoms with Crippen molar-refractivity contribution < 1.29 is 0 Å². The molecule has 2 aromatic rings. The summed E-state index contributed by atoms with van der Waals surface area (Å²) in [5, 5.41) is 1.44. The molecule has 0 fully saturated rings. The molecular formula is C17H18Si. The molecule has 0 N–H and O–H groups in total. The van der Waals surface area contributed by atoms with Crippen LogP contribution in [0.2, 0.25) is 19.6 Å². The minimum Gasteiger partial charge on any atom is -0.0656 e. The van der Waals surface area contributed by atoms with E-state index in [0.717, 1.165) is 5.56 Å². The third-order valence-electron chi connectivity index (χ3n) is 2.85. The van der Waals surface area contributed by atoms with Gasteiger partial charge in [0, 0.05) is 11.1 Å². The predicted octanol–water partition coefficient (Wildman–Crippen LogP) is 3.63. The Morgan fingerprint density at radius 1 is 0.722 bits per heavy atom. The van der Waals surface area contributed by atoms with Crippen LogP contribution in [0.1, 0.15) is 11.1 Å². The van der Waals surface area contributed by atoms with Gasteiger partial charge < -0.3 is 0 Å². The lowest BCUT2D eigenvalue weighted by Gasteiger charge is -2.18. The van der Waals surface area contributed by atoms with Crippen LogP contribution in [0.3, 0.4) is 0 Å². The lowest BCUT2D eigenvalue weighted by Crippen LogP contribution is -2.39. The smallest absolute Gasteiger partial charge is 0.0656 e. The molecule has 0 aromatic heterocycles. The Kier molecular flexibility index (Phi) is 3.69. The minimum absolute atomic E-state index is 1.07. The SMILES string of the molecule is C[Si](C)(C)c1ccccc1C#Cc1ccccc1. The zero-order valence-electron chi connectivity index (χ0n) is 11.2. The Bertz CT molecular complexity index is 580. The fraction of sp³-hybridized carbons (Fsp3) is 0.176. The van der Waals surface area contributed by atoms with Crippen molar-refractivity contribution in [3.8, 4) is 11.8 Å². The summed E-state index contributed by atoms with van der Waals surface area (Å²) in [6, 6.07) is 18.7. The van der Waals surface area contributed by atoms with Crippen molar-refractivity contribution in [2.45, 2.75) is 19.6 Å². The molecule has 2 aromatic carbocycles. The van der Waals surface area contributed by atoms with Crippen LogP contribution in [-0.2, 0) is 0 Å². The van der Waals surface area contributed by atoms with Gasteiger partial charge in [-0.3, -0.25) is 0 Å². The second kappa shape index (κ2) is 5.24. The van der Waals surface area contributed by atoms with Gasteiger partial charge in [0.1, 0.15) is 0 Å². The van der Waals surface area contributed by atoms with E-state index in [2.05, 4.69) is 55.7 Å². The molecule has 0 radical (unpaired) electrons. The van der Waals surface area contributed by atoms with E-state index in [9.17, 15) is 0 Å². The molecule has 2 rings (SSSR count). The summed E-state index contributed by atoms with van der Waals surface area (Å²) in [5.74, 6) is 6.57. The molecule has 0 aliphatic rings. The Labute approximate surface area is 111 Å². The van der Waals surface area contributed by atoms with Crippen molar-refractivity contribution in [3.05, 3.63) is 65.7 Å². The largest absolute Gasteiger partial charge is 0.0792 e. The molecule has 0 spiro atoms. The van der Waals surface area contributed by atoms with Crippen molar-refractivity contribution in [3.63, 3.8) is 0 Å². The number of hydrogen-bond acceptors (Lipinski definition) is 0. The summed E-state index contributed by atoms with van der Waals surface area (Å²) < 4.78 is 0. The van der Waals surface area contributed by atoms with Gasteiger partial charge in [0.05, 0.1) is 8.07 Å². The van der Waals surface area contributed by atoms with Crippen LogP contribution in [0.25, 0.3) is 0 Å².